The molecule has 2 aromatic carbocycles. The number of nitrogens with one attached hydrogen (secondary N) is 1. The molecule has 4 heterocycles. The smallest absolute Gasteiger partial charge is 0.134 e. The fraction of sp³-hybridized carbons (Fsp3) is 0.419. The lowest BCUT2D eigenvalue weighted by molar-refractivity contribution is 0.0188. The van der Waals surface area contributed by atoms with Crippen LogP contribution in [0.1, 0.15) is 37.8 Å². The number of hydrogen-bond donors (Lipinski definition) is 1. The summed E-state index contributed by atoms with van der Waals surface area (Å²) < 4.78 is 12.0. The SMILES string of the molecule is C=C(CCC)c1ccc(N2CC(C)OC(C3=Nc4cccc(N5CCOCC5)c4CN3)C2)c2cccnc12. The fourth-order valence-electron chi connectivity index (χ4n) is 5.94. The van der Waals surface area contributed by atoms with Crippen LogP contribution in [0.3, 0.4) is 0 Å². The molecule has 3 aliphatic rings. The Labute approximate surface area is 225 Å². The van der Waals surface area contributed by atoms with Gasteiger partial charge in [-0.2, -0.15) is 0 Å². The number of amidine groups is 1. The van der Waals surface area contributed by atoms with Crippen LogP contribution in [0, 0.1) is 0 Å². The predicted molar refractivity (Wildman–Crippen MR) is 156 cm³/mol. The fourth-order valence-corrected chi connectivity index (χ4v) is 5.94. The Hall–Kier alpha value is -3.42. The molecular weight excluding hydrogens is 474 g/mol. The minimum Gasteiger partial charge on any atom is -0.378 e. The highest BCUT2D eigenvalue weighted by molar-refractivity contribution is 5.99. The number of nitrogens with zero attached hydrogens (tertiary/aromatic N) is 4. The normalized spacial score (nSPS) is 21.6. The first kappa shape index (κ1) is 24.9. The Morgan fingerprint density at radius 2 is 1.92 bits per heavy atom. The number of aromatic nitrogens is 1. The molecule has 1 N–H and O–H groups in total. The summed E-state index contributed by atoms with van der Waals surface area (Å²) in [6.07, 6.45) is 3.86. The highest BCUT2D eigenvalue weighted by atomic mass is 16.5. The maximum Gasteiger partial charge on any atom is 0.134 e. The summed E-state index contributed by atoms with van der Waals surface area (Å²) in [5, 5.41) is 4.77. The number of hydrogen-bond acceptors (Lipinski definition) is 7. The van der Waals surface area contributed by atoms with Crippen molar-refractivity contribution in [3.63, 3.8) is 0 Å². The average molecular weight is 512 g/mol. The Balaban J connectivity index is 1.29. The number of anilines is 2. The number of morpholine rings is 2. The lowest BCUT2D eigenvalue weighted by Crippen LogP contribution is -2.53. The molecule has 0 radical (unpaired) electrons. The average Bonchev–Trinajstić information content (AvgIpc) is 2.96. The third kappa shape index (κ3) is 4.76. The predicted octanol–water partition coefficient (Wildman–Crippen LogP) is 5.31. The Morgan fingerprint density at radius 3 is 2.76 bits per heavy atom. The van der Waals surface area contributed by atoms with Crippen molar-refractivity contribution in [1.82, 2.24) is 10.3 Å². The van der Waals surface area contributed by atoms with E-state index in [1.165, 1.54) is 16.9 Å². The van der Waals surface area contributed by atoms with E-state index in [0.717, 1.165) is 92.3 Å². The molecule has 2 unspecified atom stereocenters. The molecule has 6 rings (SSSR count). The van der Waals surface area contributed by atoms with E-state index in [1.807, 2.05) is 12.3 Å². The van der Waals surface area contributed by atoms with Gasteiger partial charge in [0.1, 0.15) is 11.9 Å². The van der Waals surface area contributed by atoms with Gasteiger partial charge in [0.15, 0.2) is 0 Å². The number of ether oxygens (including phenoxy) is 2. The molecule has 3 aromatic rings. The van der Waals surface area contributed by atoms with Gasteiger partial charge in [-0.1, -0.05) is 32.1 Å². The van der Waals surface area contributed by atoms with Crippen LogP contribution in [0.2, 0.25) is 0 Å². The van der Waals surface area contributed by atoms with E-state index in [4.69, 9.17) is 19.5 Å². The van der Waals surface area contributed by atoms with Gasteiger partial charge in [0, 0.05) is 60.3 Å². The van der Waals surface area contributed by atoms with Gasteiger partial charge in [0.25, 0.3) is 0 Å². The molecule has 2 saturated heterocycles. The third-order valence-electron chi connectivity index (χ3n) is 7.75. The second kappa shape index (κ2) is 10.8. The summed E-state index contributed by atoms with van der Waals surface area (Å²) in [6, 6.07) is 15.0. The summed E-state index contributed by atoms with van der Waals surface area (Å²) in [6.45, 7) is 14.3. The van der Waals surface area contributed by atoms with Crippen LogP contribution < -0.4 is 15.1 Å². The topological polar surface area (TPSA) is 62.2 Å². The van der Waals surface area contributed by atoms with E-state index in [1.54, 1.807) is 0 Å². The Kier molecular flexibility index (Phi) is 7.04. The highest BCUT2D eigenvalue weighted by Gasteiger charge is 2.32. The molecule has 0 saturated carbocycles. The molecule has 0 aliphatic carbocycles. The third-order valence-corrected chi connectivity index (χ3v) is 7.75. The first-order valence-corrected chi connectivity index (χ1v) is 13.9. The van der Waals surface area contributed by atoms with Crippen LogP contribution in [-0.2, 0) is 16.0 Å². The zero-order valence-corrected chi connectivity index (χ0v) is 22.4. The molecule has 2 fully saturated rings. The number of pyridine rings is 1. The van der Waals surface area contributed by atoms with Crippen molar-refractivity contribution in [1.29, 1.82) is 0 Å². The summed E-state index contributed by atoms with van der Waals surface area (Å²) in [5.74, 6) is 0.906. The zero-order chi connectivity index (χ0) is 26.1. The van der Waals surface area contributed by atoms with Gasteiger partial charge in [-0.15, -0.1) is 0 Å². The van der Waals surface area contributed by atoms with Crippen molar-refractivity contribution < 1.29 is 9.47 Å². The number of allylic oxidation sites excluding steroid dienone is 1. The summed E-state index contributed by atoms with van der Waals surface area (Å²) in [4.78, 5) is 14.7. The number of aliphatic imine (C=N–C) groups is 1. The molecule has 1 aromatic heterocycles. The van der Waals surface area contributed by atoms with E-state index in [0.29, 0.717) is 0 Å². The lowest BCUT2D eigenvalue weighted by atomic mass is 9.98. The van der Waals surface area contributed by atoms with Gasteiger partial charge in [-0.05, 0) is 49.2 Å². The zero-order valence-electron chi connectivity index (χ0n) is 22.4. The first-order valence-electron chi connectivity index (χ1n) is 13.9. The number of benzene rings is 2. The van der Waals surface area contributed by atoms with Gasteiger partial charge in [-0.25, -0.2) is 4.99 Å². The molecule has 0 spiro atoms. The molecule has 3 aliphatic heterocycles. The summed E-state index contributed by atoms with van der Waals surface area (Å²) in [5.41, 5.74) is 8.04. The van der Waals surface area contributed by atoms with E-state index in [9.17, 15) is 0 Å². The van der Waals surface area contributed by atoms with E-state index >= 15 is 0 Å². The largest absolute Gasteiger partial charge is 0.378 e. The van der Waals surface area contributed by atoms with Crippen molar-refractivity contribution in [3.05, 3.63) is 66.4 Å². The van der Waals surface area contributed by atoms with Crippen molar-refractivity contribution in [3.8, 4) is 0 Å². The molecule has 0 amide bonds. The van der Waals surface area contributed by atoms with Crippen LogP contribution in [0.5, 0.6) is 0 Å². The molecule has 198 valence electrons. The molecular formula is C31H37N5O2. The molecule has 0 bridgehead atoms. The van der Waals surface area contributed by atoms with Crippen molar-refractivity contribution in [2.75, 3.05) is 49.2 Å². The van der Waals surface area contributed by atoms with E-state index in [2.05, 4.69) is 71.9 Å². The molecule has 7 heteroatoms. The molecule has 38 heavy (non-hydrogen) atoms. The van der Waals surface area contributed by atoms with Crippen LogP contribution in [-0.4, -0.2) is 62.4 Å². The second-order valence-corrected chi connectivity index (χ2v) is 10.5. The van der Waals surface area contributed by atoms with Crippen molar-refractivity contribution in [2.45, 2.75) is 45.4 Å². The minimum absolute atomic E-state index is 0.0702. The summed E-state index contributed by atoms with van der Waals surface area (Å²) in [7, 11) is 0. The van der Waals surface area contributed by atoms with E-state index in [-0.39, 0.29) is 12.2 Å². The van der Waals surface area contributed by atoms with Gasteiger partial charge < -0.3 is 24.6 Å². The minimum atomic E-state index is -0.139. The van der Waals surface area contributed by atoms with Gasteiger partial charge in [0.05, 0.1) is 37.1 Å². The maximum atomic E-state index is 6.45. The highest BCUT2D eigenvalue weighted by Crippen LogP contribution is 2.36. The van der Waals surface area contributed by atoms with Crippen molar-refractivity contribution >= 4 is 39.4 Å². The second-order valence-electron chi connectivity index (χ2n) is 10.5. The quantitative estimate of drug-likeness (QED) is 0.484. The van der Waals surface area contributed by atoms with Crippen LogP contribution in [0.15, 0.2) is 60.2 Å². The van der Waals surface area contributed by atoms with Crippen molar-refractivity contribution in [2.24, 2.45) is 4.99 Å². The molecule has 2 atom stereocenters. The van der Waals surface area contributed by atoms with Gasteiger partial charge >= 0.3 is 0 Å². The maximum absolute atomic E-state index is 6.45. The number of rotatable bonds is 6. The standard InChI is InChI=1S/C31H37N5O2/c1-4-7-21(2)23-11-12-28(24-8-6-13-32-30(23)24)36-19-22(3)38-29(20-36)31-33-18-25-26(34-31)9-5-10-27(25)35-14-16-37-17-15-35/h5-6,8-13,22,29H,2,4,7,14-20H2,1,3H3,(H,33,34). The Morgan fingerprint density at radius 1 is 1.05 bits per heavy atom. The van der Waals surface area contributed by atoms with Crippen LogP contribution >= 0.6 is 0 Å². The van der Waals surface area contributed by atoms with E-state index < -0.39 is 0 Å². The first-order chi connectivity index (χ1) is 18.6. The Bertz CT molecular complexity index is 1360. The monoisotopic (exact) mass is 511 g/mol. The lowest BCUT2D eigenvalue weighted by Gasteiger charge is -2.40. The van der Waals surface area contributed by atoms with Crippen LogP contribution in [0.4, 0.5) is 17.1 Å². The van der Waals surface area contributed by atoms with Crippen LogP contribution in [0.25, 0.3) is 16.5 Å². The summed E-state index contributed by atoms with van der Waals surface area (Å²) >= 11 is 0. The van der Waals surface area contributed by atoms with Gasteiger partial charge in [-0.3, -0.25) is 4.98 Å². The molecule has 7 nitrogen and oxygen atoms in total. The number of fused-ring (bicyclic) bond motifs is 2. The van der Waals surface area contributed by atoms with Gasteiger partial charge in [0.2, 0.25) is 0 Å².